The second-order valence-electron chi connectivity index (χ2n) is 9.72. The Balaban J connectivity index is 1.67. The van der Waals surface area contributed by atoms with Crippen molar-refractivity contribution in [2.45, 2.75) is 18.9 Å². The van der Waals surface area contributed by atoms with Gasteiger partial charge in [-0.1, -0.05) is 6.92 Å². The molecule has 0 bridgehead atoms. The molecule has 4 aliphatic heterocycles. The van der Waals surface area contributed by atoms with Crippen molar-refractivity contribution in [1.82, 2.24) is 14.7 Å². The minimum atomic E-state index is -1.90. The standard InChI is InChI=1S/C29H21FN4O7/c1-4-29(39)19-8-21-26-17(11-35)16-7-15(30)5-6-20(16)34(23-9-32(2)31-27(23)28(38)40-3)22(26)10-33(21)24(12-36)18(19)14-41-25(29)13-37/h5-9,39H,4,10,14H2,1-3H3/t29-/m0/s1. The number of aromatic nitrogens is 2. The lowest BCUT2D eigenvalue weighted by Gasteiger charge is -2.39. The van der Waals surface area contributed by atoms with E-state index in [1.807, 2.05) is 11.9 Å². The average molecular weight is 557 g/mol. The second-order valence-corrected chi connectivity index (χ2v) is 9.72. The fourth-order valence-electron chi connectivity index (χ4n) is 5.84. The number of carbonyl (C=O) groups excluding carboxylic acids is 4. The molecule has 0 amide bonds. The molecule has 1 aromatic heterocycles. The minimum absolute atomic E-state index is 0.00978. The first-order valence-corrected chi connectivity index (χ1v) is 12.5. The molecule has 5 heterocycles. The van der Waals surface area contributed by atoms with Gasteiger partial charge in [0.1, 0.15) is 24.1 Å². The molecule has 1 N–H and O–H groups in total. The number of allylic oxidation sites excluding steroid dienone is 1. The molecular formula is C29H21FN4O7. The van der Waals surface area contributed by atoms with Crippen LogP contribution in [0.2, 0.25) is 0 Å². The third-order valence-electron chi connectivity index (χ3n) is 7.71. The summed E-state index contributed by atoms with van der Waals surface area (Å²) in [6, 6.07) is 3.87. The molecule has 0 saturated heterocycles. The average Bonchev–Trinajstić information content (AvgIpc) is 3.55. The van der Waals surface area contributed by atoms with Crippen molar-refractivity contribution in [2.75, 3.05) is 25.2 Å². The lowest BCUT2D eigenvalue weighted by Crippen LogP contribution is -2.42. The number of carbonyl (C=O) groups is 1. The van der Waals surface area contributed by atoms with Gasteiger partial charge in [0.15, 0.2) is 23.2 Å². The summed E-state index contributed by atoms with van der Waals surface area (Å²) in [6.45, 7) is 1.46. The van der Waals surface area contributed by atoms with Gasteiger partial charge in [-0.2, -0.15) is 5.10 Å². The SMILES string of the molecule is CC[C@@]1(O)C(=C=O)OCC2=C1C=C1C3=C(CN1C2=C=O)N(c1cn(C)nc1C(=O)OC)c1ccc(F)cc1C3=C=O. The van der Waals surface area contributed by atoms with Crippen LogP contribution >= 0.6 is 0 Å². The van der Waals surface area contributed by atoms with Crippen LogP contribution in [0.3, 0.4) is 0 Å². The molecule has 0 saturated carbocycles. The Morgan fingerprint density at radius 3 is 2.66 bits per heavy atom. The van der Waals surface area contributed by atoms with E-state index in [1.54, 1.807) is 42.0 Å². The van der Waals surface area contributed by atoms with E-state index < -0.39 is 17.4 Å². The van der Waals surface area contributed by atoms with E-state index in [-0.39, 0.29) is 53.4 Å². The monoisotopic (exact) mass is 556 g/mol. The number of aryl methyl sites for hydroxylation is 1. The van der Waals surface area contributed by atoms with Gasteiger partial charge in [-0.05, 0) is 30.7 Å². The number of nitrogens with zero attached hydrogens (tertiary/aromatic N) is 4. The van der Waals surface area contributed by atoms with Crippen LogP contribution in [0, 0.1) is 5.82 Å². The zero-order valence-corrected chi connectivity index (χ0v) is 22.1. The Kier molecular flexibility index (Phi) is 5.81. The van der Waals surface area contributed by atoms with Crippen molar-refractivity contribution in [3.63, 3.8) is 0 Å². The van der Waals surface area contributed by atoms with Gasteiger partial charge in [-0.25, -0.2) is 23.6 Å². The predicted octanol–water partition coefficient (Wildman–Crippen LogP) is 2.08. The Labute approximate surface area is 232 Å². The Hall–Kier alpha value is -5.24. The van der Waals surface area contributed by atoms with Crippen LogP contribution in [-0.4, -0.2) is 69.4 Å². The number of hydrogen-bond donors (Lipinski definition) is 1. The Morgan fingerprint density at radius 2 is 2.00 bits per heavy atom. The van der Waals surface area contributed by atoms with E-state index in [1.165, 1.54) is 30.0 Å². The van der Waals surface area contributed by atoms with Gasteiger partial charge in [-0.15, -0.1) is 0 Å². The van der Waals surface area contributed by atoms with Gasteiger partial charge < -0.3 is 24.4 Å². The second kappa shape index (κ2) is 9.16. The first-order chi connectivity index (χ1) is 19.7. The van der Waals surface area contributed by atoms with Gasteiger partial charge in [0.25, 0.3) is 0 Å². The van der Waals surface area contributed by atoms with E-state index in [2.05, 4.69) is 5.10 Å². The molecule has 1 aromatic carbocycles. The molecule has 6 rings (SSSR count). The van der Waals surface area contributed by atoms with Crippen LogP contribution in [0.15, 0.2) is 70.0 Å². The molecule has 1 atom stereocenters. The maximum Gasteiger partial charge on any atom is 0.360 e. The van der Waals surface area contributed by atoms with Crippen LogP contribution in [-0.2, 0) is 30.9 Å². The fraction of sp³-hybridized carbons (Fsp3) is 0.241. The van der Waals surface area contributed by atoms with Gasteiger partial charge in [-0.3, -0.25) is 4.68 Å². The van der Waals surface area contributed by atoms with E-state index in [4.69, 9.17) is 9.47 Å². The lowest BCUT2D eigenvalue weighted by molar-refractivity contribution is 0.0311. The summed E-state index contributed by atoms with van der Waals surface area (Å²) < 4.78 is 26.5. The molecular weight excluding hydrogens is 535 g/mol. The highest BCUT2D eigenvalue weighted by atomic mass is 19.1. The maximum atomic E-state index is 14.6. The number of fused-ring (bicyclic) bond motifs is 3. The maximum absolute atomic E-state index is 14.6. The van der Waals surface area contributed by atoms with E-state index in [0.717, 1.165) is 0 Å². The van der Waals surface area contributed by atoms with Gasteiger partial charge >= 0.3 is 5.97 Å². The van der Waals surface area contributed by atoms with Crippen LogP contribution in [0.1, 0.15) is 29.4 Å². The topological polar surface area (TPSA) is 131 Å². The van der Waals surface area contributed by atoms with Gasteiger partial charge in [0.2, 0.25) is 5.76 Å². The molecule has 11 nitrogen and oxygen atoms in total. The summed E-state index contributed by atoms with van der Waals surface area (Å²) in [5, 5.41) is 15.8. The molecule has 41 heavy (non-hydrogen) atoms. The van der Waals surface area contributed by atoms with Gasteiger partial charge in [0.05, 0.1) is 42.0 Å². The number of benzene rings is 1. The quantitative estimate of drug-likeness (QED) is 0.443. The number of hydrogen-bond acceptors (Lipinski definition) is 10. The molecule has 0 radical (unpaired) electrons. The normalized spacial score (nSPS) is 20.8. The minimum Gasteiger partial charge on any atom is -0.479 e. The fourth-order valence-corrected chi connectivity index (χ4v) is 5.84. The zero-order chi connectivity index (χ0) is 29.2. The predicted molar refractivity (Wildman–Crippen MR) is 141 cm³/mol. The van der Waals surface area contributed by atoms with Crippen LogP contribution < -0.4 is 4.90 Å². The highest BCUT2D eigenvalue weighted by molar-refractivity contribution is 6.09. The molecule has 12 heteroatoms. The van der Waals surface area contributed by atoms with Crippen molar-refractivity contribution in [1.29, 1.82) is 0 Å². The van der Waals surface area contributed by atoms with Crippen molar-refractivity contribution in [2.24, 2.45) is 7.05 Å². The smallest absolute Gasteiger partial charge is 0.360 e. The molecule has 0 fully saturated rings. The number of aliphatic hydroxyl groups is 1. The third-order valence-corrected chi connectivity index (χ3v) is 7.71. The highest BCUT2D eigenvalue weighted by Crippen LogP contribution is 2.54. The molecule has 206 valence electrons. The largest absolute Gasteiger partial charge is 0.479 e. The molecule has 0 unspecified atom stereocenters. The number of rotatable bonds is 3. The van der Waals surface area contributed by atoms with E-state index in [9.17, 15) is 28.7 Å². The third kappa shape index (κ3) is 3.47. The first kappa shape index (κ1) is 26.0. The summed E-state index contributed by atoms with van der Waals surface area (Å²) in [7, 11) is 2.84. The summed E-state index contributed by atoms with van der Waals surface area (Å²) >= 11 is 0. The van der Waals surface area contributed by atoms with Crippen molar-refractivity contribution < 1.29 is 38.1 Å². The van der Waals surface area contributed by atoms with Crippen molar-refractivity contribution >= 4 is 40.7 Å². The summed E-state index contributed by atoms with van der Waals surface area (Å²) in [4.78, 5) is 52.6. The Morgan fingerprint density at radius 1 is 1.22 bits per heavy atom. The number of esters is 1. The zero-order valence-electron chi connectivity index (χ0n) is 22.1. The van der Waals surface area contributed by atoms with Crippen LogP contribution in [0.5, 0.6) is 0 Å². The molecule has 4 aliphatic rings. The van der Waals surface area contributed by atoms with Crippen molar-refractivity contribution in [3.05, 3.63) is 87.1 Å². The number of methoxy groups -OCH3 is 1. The molecule has 2 aromatic rings. The summed E-state index contributed by atoms with van der Waals surface area (Å²) in [5.74, 6) is 3.85. The number of anilines is 2. The van der Waals surface area contributed by atoms with Crippen LogP contribution in [0.4, 0.5) is 15.8 Å². The summed E-state index contributed by atoms with van der Waals surface area (Å²) in [6.07, 6.45) is 3.18. The molecule has 0 aliphatic carbocycles. The molecule has 0 spiro atoms. The number of halogens is 1. The van der Waals surface area contributed by atoms with E-state index >= 15 is 0 Å². The Bertz CT molecular complexity index is 1830. The number of ether oxygens (including phenoxy) is 2. The lowest BCUT2D eigenvalue weighted by atomic mass is 9.79. The highest BCUT2D eigenvalue weighted by Gasteiger charge is 2.50. The van der Waals surface area contributed by atoms with Crippen molar-refractivity contribution in [3.8, 4) is 0 Å². The first-order valence-electron chi connectivity index (χ1n) is 12.5. The summed E-state index contributed by atoms with van der Waals surface area (Å²) in [5.41, 5.74) is 0.551. The van der Waals surface area contributed by atoms with Crippen LogP contribution in [0.25, 0.3) is 5.57 Å². The van der Waals surface area contributed by atoms with E-state index in [0.29, 0.717) is 33.9 Å². The van der Waals surface area contributed by atoms with Gasteiger partial charge in [0, 0.05) is 35.5 Å².